The van der Waals surface area contributed by atoms with Crippen LogP contribution in [-0.4, -0.2) is 43.7 Å². The molecule has 1 saturated heterocycles. The number of amides is 2. The van der Waals surface area contributed by atoms with E-state index in [-0.39, 0.29) is 6.03 Å². The van der Waals surface area contributed by atoms with Crippen molar-refractivity contribution in [3.63, 3.8) is 0 Å². The van der Waals surface area contributed by atoms with Crippen LogP contribution < -0.4 is 15.4 Å². The third kappa shape index (κ3) is 4.86. The van der Waals surface area contributed by atoms with E-state index in [1.54, 1.807) is 18.2 Å². The molecule has 2 rings (SSSR count). The van der Waals surface area contributed by atoms with Crippen LogP contribution >= 0.6 is 0 Å². The number of rotatable bonds is 6. The van der Waals surface area contributed by atoms with Crippen molar-refractivity contribution in [2.75, 3.05) is 32.1 Å². The molecule has 1 aromatic rings. The van der Waals surface area contributed by atoms with Crippen molar-refractivity contribution in [3.8, 4) is 11.8 Å². The number of urea groups is 1. The van der Waals surface area contributed by atoms with Crippen LogP contribution in [0.5, 0.6) is 5.75 Å². The summed E-state index contributed by atoms with van der Waals surface area (Å²) in [4.78, 5) is 14.3. The first-order valence-electron chi connectivity index (χ1n) is 8.06. The zero-order chi connectivity index (χ0) is 16.7. The first-order valence-corrected chi connectivity index (χ1v) is 8.06. The van der Waals surface area contributed by atoms with Gasteiger partial charge in [0, 0.05) is 18.3 Å². The van der Waals surface area contributed by atoms with E-state index in [1.807, 2.05) is 6.92 Å². The summed E-state index contributed by atoms with van der Waals surface area (Å²) in [6.07, 6.45) is 3.39. The van der Waals surface area contributed by atoms with Gasteiger partial charge in [-0.05, 0) is 58.0 Å². The molecule has 0 saturated carbocycles. The molecule has 0 bridgehead atoms. The van der Waals surface area contributed by atoms with Gasteiger partial charge in [0.15, 0.2) is 0 Å². The van der Waals surface area contributed by atoms with Crippen LogP contribution in [0.2, 0.25) is 0 Å². The Hall–Kier alpha value is -2.26. The minimum Gasteiger partial charge on any atom is -0.492 e. The average molecular weight is 316 g/mol. The van der Waals surface area contributed by atoms with Crippen molar-refractivity contribution in [2.45, 2.75) is 32.2 Å². The molecule has 2 N–H and O–H groups in total. The van der Waals surface area contributed by atoms with Gasteiger partial charge < -0.3 is 20.3 Å². The normalized spacial score (nSPS) is 17.5. The van der Waals surface area contributed by atoms with E-state index in [1.165, 1.54) is 12.8 Å². The Labute approximate surface area is 137 Å². The van der Waals surface area contributed by atoms with Gasteiger partial charge in [0.05, 0.1) is 12.2 Å². The fourth-order valence-corrected chi connectivity index (χ4v) is 2.85. The summed E-state index contributed by atoms with van der Waals surface area (Å²) in [6.45, 7) is 4.14. The zero-order valence-corrected chi connectivity index (χ0v) is 13.8. The number of anilines is 1. The third-order valence-electron chi connectivity index (χ3n) is 4.09. The Kier molecular flexibility index (Phi) is 6.24. The molecule has 0 spiro atoms. The number of carbonyl (C=O) groups is 1. The Morgan fingerprint density at radius 2 is 2.35 bits per heavy atom. The van der Waals surface area contributed by atoms with Crippen LogP contribution in [-0.2, 0) is 0 Å². The Morgan fingerprint density at radius 3 is 3.00 bits per heavy atom. The van der Waals surface area contributed by atoms with Gasteiger partial charge in [-0.25, -0.2) is 4.79 Å². The summed E-state index contributed by atoms with van der Waals surface area (Å²) in [7, 11) is 2.13. The first kappa shape index (κ1) is 17.1. The van der Waals surface area contributed by atoms with Crippen LogP contribution in [0.25, 0.3) is 0 Å². The summed E-state index contributed by atoms with van der Waals surface area (Å²) >= 11 is 0. The fraction of sp³-hybridized carbons (Fsp3) is 0.529. The minimum atomic E-state index is -0.251. The summed E-state index contributed by atoms with van der Waals surface area (Å²) < 4.78 is 5.36. The lowest BCUT2D eigenvalue weighted by Crippen LogP contribution is -2.34. The monoisotopic (exact) mass is 316 g/mol. The van der Waals surface area contributed by atoms with Crippen molar-refractivity contribution >= 4 is 11.7 Å². The Bertz CT molecular complexity index is 582. The van der Waals surface area contributed by atoms with E-state index in [9.17, 15) is 4.79 Å². The largest absolute Gasteiger partial charge is 0.492 e. The molecule has 1 aromatic carbocycles. The highest BCUT2D eigenvalue weighted by atomic mass is 16.5. The van der Waals surface area contributed by atoms with E-state index < -0.39 is 0 Å². The van der Waals surface area contributed by atoms with E-state index >= 15 is 0 Å². The van der Waals surface area contributed by atoms with E-state index in [2.05, 4.69) is 28.7 Å². The van der Waals surface area contributed by atoms with E-state index in [0.717, 1.165) is 13.0 Å². The fourth-order valence-electron chi connectivity index (χ4n) is 2.85. The molecule has 6 nitrogen and oxygen atoms in total. The molecule has 124 valence electrons. The lowest BCUT2D eigenvalue weighted by atomic mass is 10.1. The molecule has 2 amide bonds. The predicted octanol–water partition coefficient (Wildman–Crippen LogP) is 2.56. The molecule has 1 aliphatic heterocycles. The lowest BCUT2D eigenvalue weighted by Gasteiger charge is -2.19. The van der Waals surface area contributed by atoms with Crippen LogP contribution in [0.15, 0.2) is 18.2 Å². The summed E-state index contributed by atoms with van der Waals surface area (Å²) in [6, 6.07) is 7.44. The van der Waals surface area contributed by atoms with Crippen LogP contribution in [0.3, 0.4) is 0 Å². The van der Waals surface area contributed by atoms with Crippen molar-refractivity contribution in [2.24, 2.45) is 0 Å². The maximum atomic E-state index is 11.9. The van der Waals surface area contributed by atoms with Crippen LogP contribution in [0, 0.1) is 11.3 Å². The second-order valence-corrected chi connectivity index (χ2v) is 5.70. The van der Waals surface area contributed by atoms with Gasteiger partial charge in [0.25, 0.3) is 0 Å². The Morgan fingerprint density at radius 1 is 1.52 bits per heavy atom. The van der Waals surface area contributed by atoms with Crippen molar-refractivity contribution in [1.29, 1.82) is 5.26 Å². The number of hydrogen-bond acceptors (Lipinski definition) is 4. The highest BCUT2D eigenvalue weighted by molar-refractivity contribution is 5.89. The van der Waals surface area contributed by atoms with Gasteiger partial charge in [-0.2, -0.15) is 5.26 Å². The van der Waals surface area contributed by atoms with Gasteiger partial charge >= 0.3 is 6.03 Å². The van der Waals surface area contributed by atoms with Gasteiger partial charge in [-0.15, -0.1) is 0 Å². The standard InChI is InChI=1S/C17H24N4O2/c1-3-23-16-7-6-14(11-13(16)12-18)20-17(22)19-9-8-15-5-4-10-21(15)2/h6-7,11,15H,3-5,8-10H2,1-2H3,(H2,19,20,22)/t15-/m0/s1. The molecule has 1 atom stereocenters. The quantitative estimate of drug-likeness (QED) is 0.845. The highest BCUT2D eigenvalue weighted by Crippen LogP contribution is 2.22. The van der Waals surface area contributed by atoms with Gasteiger partial charge in [0.2, 0.25) is 0 Å². The number of carbonyl (C=O) groups excluding carboxylic acids is 1. The molecule has 0 aromatic heterocycles. The number of nitrogens with zero attached hydrogens (tertiary/aromatic N) is 2. The second kappa shape index (κ2) is 8.39. The summed E-state index contributed by atoms with van der Waals surface area (Å²) in [5.74, 6) is 0.533. The van der Waals surface area contributed by atoms with Crippen LogP contribution in [0.1, 0.15) is 31.7 Å². The average Bonchev–Trinajstić information content (AvgIpc) is 2.94. The number of benzene rings is 1. The van der Waals surface area contributed by atoms with Crippen molar-refractivity contribution in [3.05, 3.63) is 23.8 Å². The molecule has 6 heteroatoms. The maximum absolute atomic E-state index is 11.9. The molecule has 1 aliphatic rings. The van der Waals surface area contributed by atoms with E-state index in [0.29, 0.717) is 36.2 Å². The zero-order valence-electron chi connectivity index (χ0n) is 13.8. The molecule has 0 unspecified atom stereocenters. The molecule has 0 aliphatic carbocycles. The second-order valence-electron chi connectivity index (χ2n) is 5.70. The van der Waals surface area contributed by atoms with E-state index in [4.69, 9.17) is 10.00 Å². The summed E-state index contributed by atoms with van der Waals surface area (Å²) in [5, 5.41) is 14.7. The molecule has 1 heterocycles. The summed E-state index contributed by atoms with van der Waals surface area (Å²) in [5.41, 5.74) is 0.998. The number of hydrogen-bond donors (Lipinski definition) is 2. The molecular weight excluding hydrogens is 292 g/mol. The number of nitrogens with one attached hydrogen (secondary N) is 2. The number of likely N-dealkylation sites (tertiary alicyclic amines) is 1. The van der Waals surface area contributed by atoms with Gasteiger partial charge in [-0.1, -0.05) is 0 Å². The smallest absolute Gasteiger partial charge is 0.319 e. The number of nitriles is 1. The minimum absolute atomic E-state index is 0.251. The van der Waals surface area contributed by atoms with Crippen molar-refractivity contribution in [1.82, 2.24) is 10.2 Å². The van der Waals surface area contributed by atoms with Gasteiger partial charge in [0.1, 0.15) is 11.8 Å². The SMILES string of the molecule is CCOc1ccc(NC(=O)NCC[C@@H]2CCCN2C)cc1C#N. The number of ether oxygens (including phenoxy) is 1. The van der Waals surface area contributed by atoms with Crippen molar-refractivity contribution < 1.29 is 9.53 Å². The third-order valence-corrected chi connectivity index (χ3v) is 4.09. The topological polar surface area (TPSA) is 77.4 Å². The maximum Gasteiger partial charge on any atom is 0.319 e. The molecule has 23 heavy (non-hydrogen) atoms. The Balaban J connectivity index is 1.81. The highest BCUT2D eigenvalue weighted by Gasteiger charge is 2.20. The molecular formula is C17H24N4O2. The van der Waals surface area contributed by atoms with Gasteiger partial charge in [-0.3, -0.25) is 0 Å². The lowest BCUT2D eigenvalue weighted by molar-refractivity contribution is 0.248. The first-order chi connectivity index (χ1) is 11.1. The molecule has 1 fully saturated rings. The molecule has 0 radical (unpaired) electrons. The van der Waals surface area contributed by atoms with Crippen LogP contribution in [0.4, 0.5) is 10.5 Å². The predicted molar refractivity (Wildman–Crippen MR) is 89.6 cm³/mol.